The van der Waals surface area contributed by atoms with E-state index in [1.807, 2.05) is 6.92 Å². The molecule has 0 heterocycles. The fourth-order valence-electron chi connectivity index (χ4n) is 3.23. The second-order valence-corrected chi connectivity index (χ2v) is 9.56. The zero-order valence-corrected chi connectivity index (χ0v) is 21.0. The predicted octanol–water partition coefficient (Wildman–Crippen LogP) is 5.83. The molecular weight excluding hydrogens is 435 g/mol. The Labute approximate surface area is 194 Å². The number of hydrogen-bond donors (Lipinski definition) is 2. The van der Waals surface area contributed by atoms with E-state index in [9.17, 15) is 14.2 Å². The molecule has 0 radical (unpaired) electrons. The number of esters is 2. The maximum atomic E-state index is 11.9. The van der Waals surface area contributed by atoms with E-state index < -0.39 is 32.5 Å². The lowest BCUT2D eigenvalue weighted by molar-refractivity contribution is -0.161. The summed E-state index contributed by atoms with van der Waals surface area (Å²) in [7, 11) is -4.71. The van der Waals surface area contributed by atoms with E-state index in [2.05, 4.69) is 11.4 Å². The lowest BCUT2D eigenvalue weighted by Crippen LogP contribution is -2.29. The highest BCUT2D eigenvalue weighted by Gasteiger charge is 2.22. The summed E-state index contributed by atoms with van der Waals surface area (Å²) >= 11 is 0. The monoisotopic (exact) mass is 480 g/mol. The Morgan fingerprint density at radius 1 is 0.688 bits per heavy atom. The highest BCUT2D eigenvalue weighted by Crippen LogP contribution is 2.35. The molecule has 0 aromatic rings. The summed E-state index contributed by atoms with van der Waals surface area (Å²) in [5.74, 6) is -0.925. The molecule has 32 heavy (non-hydrogen) atoms. The van der Waals surface area contributed by atoms with Crippen LogP contribution < -0.4 is 0 Å². The van der Waals surface area contributed by atoms with Crippen molar-refractivity contribution < 1.29 is 37.9 Å². The molecule has 0 fully saturated rings. The van der Waals surface area contributed by atoms with E-state index >= 15 is 0 Å². The quantitative estimate of drug-likeness (QED) is 0.113. The van der Waals surface area contributed by atoms with Crippen LogP contribution in [0.5, 0.6) is 0 Å². The maximum Gasteiger partial charge on any atom is 0.469 e. The van der Waals surface area contributed by atoms with Crippen molar-refractivity contribution in [3.05, 3.63) is 0 Å². The Morgan fingerprint density at radius 3 is 1.66 bits per heavy atom. The summed E-state index contributed by atoms with van der Waals surface area (Å²) in [6.07, 6.45) is 15.3. The van der Waals surface area contributed by atoms with E-state index in [0.717, 1.165) is 25.7 Å². The fourth-order valence-corrected chi connectivity index (χ4v) is 3.59. The minimum absolute atomic E-state index is 0.190. The molecule has 0 spiro atoms. The van der Waals surface area contributed by atoms with Crippen molar-refractivity contribution in [3.8, 4) is 0 Å². The van der Waals surface area contributed by atoms with Crippen molar-refractivity contribution in [2.24, 2.45) is 0 Å². The molecule has 0 aromatic carbocycles. The number of phosphoric acid groups is 1. The van der Waals surface area contributed by atoms with Crippen molar-refractivity contribution in [2.75, 3.05) is 13.2 Å². The Hall–Kier alpha value is -0.950. The van der Waals surface area contributed by atoms with Crippen molar-refractivity contribution in [3.63, 3.8) is 0 Å². The molecule has 1 atom stereocenters. The van der Waals surface area contributed by atoms with Crippen molar-refractivity contribution in [2.45, 2.75) is 123 Å². The summed E-state index contributed by atoms with van der Waals surface area (Å²) in [5, 5.41) is 0. The van der Waals surface area contributed by atoms with Gasteiger partial charge in [0.2, 0.25) is 0 Å². The molecule has 0 bridgehead atoms. The zero-order valence-electron chi connectivity index (χ0n) is 20.1. The van der Waals surface area contributed by atoms with Crippen LogP contribution in [-0.4, -0.2) is 41.0 Å². The first-order valence-corrected chi connectivity index (χ1v) is 13.9. The smallest absolute Gasteiger partial charge is 0.462 e. The van der Waals surface area contributed by atoms with Crippen LogP contribution >= 0.6 is 7.82 Å². The first-order valence-electron chi connectivity index (χ1n) is 12.3. The number of unbranched alkanes of at least 4 members (excludes halogenated alkanes) is 12. The molecule has 0 unspecified atom stereocenters. The van der Waals surface area contributed by atoms with Gasteiger partial charge in [0.15, 0.2) is 6.10 Å². The van der Waals surface area contributed by atoms with Gasteiger partial charge in [0.05, 0.1) is 6.61 Å². The Bertz CT molecular complexity index is 520. The van der Waals surface area contributed by atoms with Gasteiger partial charge in [-0.1, -0.05) is 90.9 Å². The molecule has 0 aromatic heterocycles. The number of hydrogen-bond acceptors (Lipinski definition) is 6. The van der Waals surface area contributed by atoms with Gasteiger partial charge in [-0.15, -0.1) is 0 Å². The molecule has 0 aliphatic heterocycles. The van der Waals surface area contributed by atoms with Crippen LogP contribution in [0.3, 0.4) is 0 Å². The van der Waals surface area contributed by atoms with E-state index in [1.54, 1.807) is 0 Å². The molecule has 0 saturated carbocycles. The number of ether oxygens (including phenoxy) is 2. The second kappa shape index (κ2) is 20.6. The van der Waals surface area contributed by atoms with Gasteiger partial charge < -0.3 is 19.3 Å². The lowest BCUT2D eigenvalue weighted by Gasteiger charge is -2.18. The molecule has 9 heteroatoms. The van der Waals surface area contributed by atoms with Crippen molar-refractivity contribution in [1.29, 1.82) is 0 Å². The average Bonchev–Trinajstić information content (AvgIpc) is 2.74. The third-order valence-corrected chi connectivity index (χ3v) is 5.61. The number of carbonyl (C=O) groups excluding carboxylic acids is 2. The Balaban J connectivity index is 3.89. The summed E-state index contributed by atoms with van der Waals surface area (Å²) in [6.45, 7) is 3.34. The predicted molar refractivity (Wildman–Crippen MR) is 124 cm³/mol. The molecule has 0 aliphatic carbocycles. The van der Waals surface area contributed by atoms with Gasteiger partial charge in [0.25, 0.3) is 0 Å². The standard InChI is InChI=1S/C23H45O8P/c1-3-5-7-8-9-10-11-12-13-14-15-16-18-22(24)29-19-21(20-30-32(26,27)28)31-23(25)17-6-4-2/h21H,3-20H2,1-2H3,(H2,26,27,28)/t21-/m1/s1. The van der Waals surface area contributed by atoms with Gasteiger partial charge in [0, 0.05) is 12.8 Å². The van der Waals surface area contributed by atoms with Crippen molar-refractivity contribution >= 4 is 19.8 Å². The SMILES string of the molecule is CCCCCCCCCCCCCCC(=O)OC[C@H](COP(=O)(O)O)OC(=O)CCCC. The van der Waals surface area contributed by atoms with Crippen LogP contribution in [0, 0.1) is 0 Å². The molecule has 0 amide bonds. The first kappa shape index (κ1) is 31.0. The number of rotatable bonds is 22. The third-order valence-electron chi connectivity index (χ3n) is 5.13. The minimum atomic E-state index is -4.71. The first-order chi connectivity index (χ1) is 15.3. The molecule has 8 nitrogen and oxygen atoms in total. The second-order valence-electron chi connectivity index (χ2n) is 8.32. The van der Waals surface area contributed by atoms with Crippen LogP contribution in [0.25, 0.3) is 0 Å². The maximum absolute atomic E-state index is 11.9. The van der Waals surface area contributed by atoms with Crippen LogP contribution in [0.15, 0.2) is 0 Å². The van der Waals surface area contributed by atoms with Crippen molar-refractivity contribution in [1.82, 2.24) is 0 Å². The summed E-state index contributed by atoms with van der Waals surface area (Å²) < 4.78 is 25.6. The van der Waals surface area contributed by atoms with Gasteiger partial charge in [0.1, 0.15) is 6.61 Å². The van der Waals surface area contributed by atoms with E-state index in [-0.39, 0.29) is 19.4 Å². The van der Waals surface area contributed by atoms with E-state index in [1.165, 1.54) is 57.8 Å². The Morgan fingerprint density at radius 2 is 1.16 bits per heavy atom. The highest BCUT2D eigenvalue weighted by atomic mass is 31.2. The lowest BCUT2D eigenvalue weighted by atomic mass is 10.0. The van der Waals surface area contributed by atoms with Crippen LogP contribution in [0.4, 0.5) is 0 Å². The topological polar surface area (TPSA) is 119 Å². The van der Waals surface area contributed by atoms with Gasteiger partial charge in [-0.2, -0.15) is 0 Å². The zero-order chi connectivity index (χ0) is 24.1. The van der Waals surface area contributed by atoms with Crippen LogP contribution in [0.1, 0.15) is 117 Å². The molecule has 0 rings (SSSR count). The number of phosphoric ester groups is 1. The molecule has 2 N–H and O–H groups in total. The van der Waals surface area contributed by atoms with Gasteiger partial charge in [-0.3, -0.25) is 14.1 Å². The third kappa shape index (κ3) is 22.3. The highest BCUT2D eigenvalue weighted by molar-refractivity contribution is 7.46. The molecule has 0 aliphatic rings. The normalized spacial score (nSPS) is 12.5. The summed E-state index contributed by atoms with van der Waals surface area (Å²) in [6, 6.07) is 0. The van der Waals surface area contributed by atoms with E-state index in [0.29, 0.717) is 6.42 Å². The minimum Gasteiger partial charge on any atom is -0.462 e. The Kier molecular flexibility index (Phi) is 20.0. The molecule has 190 valence electrons. The largest absolute Gasteiger partial charge is 0.469 e. The molecular formula is C23H45O8P. The van der Waals surface area contributed by atoms with E-state index in [4.69, 9.17) is 19.3 Å². The fraction of sp³-hybridized carbons (Fsp3) is 0.913. The van der Waals surface area contributed by atoms with Gasteiger partial charge in [-0.25, -0.2) is 4.57 Å². The van der Waals surface area contributed by atoms with Crippen LogP contribution in [0.2, 0.25) is 0 Å². The number of carbonyl (C=O) groups is 2. The van der Waals surface area contributed by atoms with Crippen LogP contribution in [-0.2, 0) is 28.2 Å². The van der Waals surface area contributed by atoms with Gasteiger partial charge >= 0.3 is 19.8 Å². The molecule has 0 saturated heterocycles. The summed E-state index contributed by atoms with van der Waals surface area (Å²) in [5.41, 5.74) is 0. The average molecular weight is 481 g/mol. The summed E-state index contributed by atoms with van der Waals surface area (Å²) in [4.78, 5) is 41.4. The van der Waals surface area contributed by atoms with Gasteiger partial charge in [-0.05, 0) is 12.8 Å².